The van der Waals surface area contributed by atoms with Gasteiger partial charge in [0.05, 0.1) is 13.2 Å². The Labute approximate surface area is 237 Å². The Bertz CT molecular complexity index is 1460. The Balaban J connectivity index is 1.38. The number of ketones is 2. The molecule has 0 aromatic heterocycles. The van der Waals surface area contributed by atoms with E-state index in [0.717, 1.165) is 21.9 Å². The van der Waals surface area contributed by atoms with E-state index < -0.39 is 30.3 Å². The number of nitrogens with zero attached hydrogens (tertiary/aromatic N) is 1. The second-order valence-electron chi connectivity index (χ2n) is 10.5. The van der Waals surface area contributed by atoms with Crippen molar-refractivity contribution in [2.75, 3.05) is 33.0 Å². The minimum absolute atomic E-state index is 0.0427. The maximum absolute atomic E-state index is 12.7. The first-order valence-electron chi connectivity index (χ1n) is 13.1. The summed E-state index contributed by atoms with van der Waals surface area (Å²) in [6.07, 6.45) is -0.642. The fourth-order valence-electron chi connectivity index (χ4n) is 4.29. The molecule has 1 aliphatic rings. The molecule has 0 saturated carbocycles. The number of rotatable bonds is 9. The number of ether oxygens (including phenoxy) is 4. The van der Waals surface area contributed by atoms with E-state index in [4.69, 9.17) is 14.2 Å². The molecule has 10 nitrogen and oxygen atoms in total. The molecule has 3 aromatic rings. The van der Waals surface area contributed by atoms with E-state index in [2.05, 4.69) is 4.74 Å². The normalized spacial score (nSPS) is 15.2. The average molecular weight is 562 g/mol. The first-order chi connectivity index (χ1) is 19.6. The molecule has 0 aliphatic carbocycles. The smallest absolute Gasteiger partial charge is 0.411 e. The van der Waals surface area contributed by atoms with Crippen LogP contribution in [0, 0.1) is 0 Å². The number of fused-ring (bicyclic) bond motifs is 1. The van der Waals surface area contributed by atoms with Gasteiger partial charge < -0.3 is 18.9 Å². The van der Waals surface area contributed by atoms with Crippen LogP contribution in [0.25, 0.3) is 21.9 Å². The van der Waals surface area contributed by atoms with Gasteiger partial charge in [0.15, 0.2) is 30.8 Å². The number of benzene rings is 3. The van der Waals surface area contributed by atoms with Crippen LogP contribution in [-0.2, 0) is 28.5 Å². The Morgan fingerprint density at radius 3 is 2.22 bits per heavy atom. The third-order valence-electron chi connectivity index (χ3n) is 6.36. The molecule has 1 heterocycles. The lowest BCUT2D eigenvalue weighted by Gasteiger charge is -2.35. The van der Waals surface area contributed by atoms with E-state index in [-0.39, 0.29) is 44.4 Å². The van der Waals surface area contributed by atoms with Crippen LogP contribution in [0.5, 0.6) is 0 Å². The van der Waals surface area contributed by atoms with Crippen molar-refractivity contribution in [2.24, 2.45) is 0 Å². The van der Waals surface area contributed by atoms with Crippen molar-refractivity contribution >= 4 is 40.9 Å². The molecule has 0 spiro atoms. The Kier molecular flexibility index (Phi) is 9.14. The predicted molar refractivity (Wildman–Crippen MR) is 149 cm³/mol. The third-order valence-corrected chi connectivity index (χ3v) is 6.36. The highest BCUT2D eigenvalue weighted by Crippen LogP contribution is 2.26. The lowest BCUT2D eigenvalue weighted by Crippen LogP contribution is -2.54. The molecule has 0 unspecified atom stereocenters. The quantitative estimate of drug-likeness (QED) is 0.163. The topological polar surface area (TPSA) is 126 Å². The molecule has 214 valence electrons. The van der Waals surface area contributed by atoms with E-state index in [9.17, 15) is 24.0 Å². The van der Waals surface area contributed by atoms with Crippen LogP contribution >= 0.6 is 0 Å². The number of Topliss-reactive ketones (excluding diaryl/α,β-unsaturated/α-hetero) is 2. The molecule has 1 amide bonds. The number of hydrogen-bond acceptors (Lipinski definition) is 9. The Morgan fingerprint density at radius 1 is 0.878 bits per heavy atom. The summed E-state index contributed by atoms with van der Waals surface area (Å²) in [6.45, 7) is 5.05. The molecule has 0 bridgehead atoms. The number of carbonyl (C=O) groups is 5. The summed E-state index contributed by atoms with van der Waals surface area (Å²) in [5.74, 6) is -1.42. The summed E-state index contributed by atoms with van der Waals surface area (Å²) in [4.78, 5) is 61.7. The summed E-state index contributed by atoms with van der Waals surface area (Å²) >= 11 is 0. The molecule has 3 aromatic carbocycles. The highest BCUT2D eigenvalue weighted by atomic mass is 16.6. The Morgan fingerprint density at radius 2 is 1.51 bits per heavy atom. The zero-order valence-electron chi connectivity index (χ0n) is 23.1. The molecule has 1 aliphatic heterocycles. The molecule has 0 radical (unpaired) electrons. The molecule has 0 N–H and O–H groups in total. The van der Waals surface area contributed by atoms with Crippen LogP contribution in [0.1, 0.15) is 41.5 Å². The van der Waals surface area contributed by atoms with E-state index >= 15 is 0 Å². The number of esters is 1. The summed E-state index contributed by atoms with van der Waals surface area (Å²) in [7, 11) is 0. The maximum atomic E-state index is 12.7. The zero-order chi connectivity index (χ0) is 29.6. The standard InChI is InChI=1S/C31H31NO9/c1-31(2,3)41-30(37)32-12-13-38-16-26(32)29(36)40-18-28(35)21-6-4-20(5-7-21)22-8-9-24-15-25(11-10-23(24)14-22)27(34)17-39-19-33/h4-11,14-15,19,26H,12-13,16-18H2,1-3H3/t26-/m0/s1. The molecule has 1 fully saturated rings. The number of morpholine rings is 1. The van der Waals surface area contributed by atoms with Gasteiger partial charge in [-0.1, -0.05) is 48.5 Å². The second-order valence-corrected chi connectivity index (χ2v) is 10.5. The van der Waals surface area contributed by atoms with E-state index in [1.165, 1.54) is 4.90 Å². The number of hydrogen-bond donors (Lipinski definition) is 0. The van der Waals surface area contributed by atoms with Gasteiger partial charge in [-0.25, -0.2) is 9.59 Å². The van der Waals surface area contributed by atoms with Gasteiger partial charge in [-0.05, 0) is 54.8 Å². The lowest BCUT2D eigenvalue weighted by atomic mass is 9.98. The highest BCUT2D eigenvalue weighted by Gasteiger charge is 2.36. The van der Waals surface area contributed by atoms with Gasteiger partial charge in [0, 0.05) is 17.7 Å². The fourth-order valence-corrected chi connectivity index (χ4v) is 4.29. The maximum Gasteiger partial charge on any atom is 0.411 e. The van der Waals surface area contributed by atoms with Gasteiger partial charge >= 0.3 is 12.1 Å². The van der Waals surface area contributed by atoms with Crippen molar-refractivity contribution in [1.82, 2.24) is 4.90 Å². The van der Waals surface area contributed by atoms with Gasteiger partial charge in [0.2, 0.25) is 0 Å². The van der Waals surface area contributed by atoms with Crippen molar-refractivity contribution in [3.05, 3.63) is 71.8 Å². The molecular weight excluding hydrogens is 530 g/mol. The van der Waals surface area contributed by atoms with Crippen LogP contribution in [-0.4, -0.2) is 79.6 Å². The van der Waals surface area contributed by atoms with Crippen molar-refractivity contribution in [1.29, 1.82) is 0 Å². The molecule has 4 rings (SSSR count). The summed E-state index contributed by atoms with van der Waals surface area (Å²) in [5.41, 5.74) is 1.87. The zero-order valence-corrected chi connectivity index (χ0v) is 23.1. The molecule has 41 heavy (non-hydrogen) atoms. The second kappa shape index (κ2) is 12.7. The van der Waals surface area contributed by atoms with E-state index in [1.54, 1.807) is 57.2 Å². The minimum atomic E-state index is -0.999. The van der Waals surface area contributed by atoms with Crippen LogP contribution in [0.3, 0.4) is 0 Å². The fraction of sp³-hybridized carbons (Fsp3) is 0.323. The van der Waals surface area contributed by atoms with Crippen LogP contribution in [0.2, 0.25) is 0 Å². The van der Waals surface area contributed by atoms with Crippen molar-refractivity contribution in [2.45, 2.75) is 32.4 Å². The van der Waals surface area contributed by atoms with Gasteiger partial charge in [0.1, 0.15) is 5.60 Å². The molecule has 1 atom stereocenters. The first kappa shape index (κ1) is 29.4. The largest absolute Gasteiger partial charge is 0.459 e. The molecule has 1 saturated heterocycles. The van der Waals surface area contributed by atoms with Gasteiger partial charge in [0.25, 0.3) is 6.47 Å². The van der Waals surface area contributed by atoms with Gasteiger partial charge in [-0.15, -0.1) is 0 Å². The highest BCUT2D eigenvalue weighted by molar-refractivity contribution is 6.02. The average Bonchev–Trinajstić information content (AvgIpc) is 2.97. The monoisotopic (exact) mass is 561 g/mol. The minimum Gasteiger partial charge on any atom is -0.459 e. The number of carbonyl (C=O) groups excluding carboxylic acids is 5. The first-order valence-corrected chi connectivity index (χ1v) is 13.1. The predicted octanol–water partition coefficient (Wildman–Crippen LogP) is 4.22. The van der Waals surface area contributed by atoms with Gasteiger partial charge in [-0.3, -0.25) is 19.3 Å². The van der Waals surface area contributed by atoms with Crippen molar-refractivity contribution in [3.63, 3.8) is 0 Å². The Hall–Kier alpha value is -4.57. The SMILES string of the molecule is CC(C)(C)OC(=O)N1CCOC[C@H]1C(=O)OCC(=O)c1ccc(-c2ccc3cc(C(=O)COC=O)ccc3c2)cc1. The van der Waals surface area contributed by atoms with Crippen LogP contribution in [0.4, 0.5) is 4.79 Å². The molecule has 10 heteroatoms. The van der Waals surface area contributed by atoms with Crippen molar-refractivity contribution < 1.29 is 42.9 Å². The van der Waals surface area contributed by atoms with Crippen LogP contribution < -0.4 is 0 Å². The summed E-state index contributed by atoms with van der Waals surface area (Å²) in [5, 5.41) is 1.77. The van der Waals surface area contributed by atoms with E-state index in [1.807, 2.05) is 24.3 Å². The molecular formula is C31H31NO9. The van der Waals surface area contributed by atoms with Crippen LogP contribution in [0.15, 0.2) is 60.7 Å². The summed E-state index contributed by atoms with van der Waals surface area (Å²) < 4.78 is 20.5. The van der Waals surface area contributed by atoms with E-state index in [0.29, 0.717) is 11.1 Å². The van der Waals surface area contributed by atoms with Gasteiger partial charge in [-0.2, -0.15) is 0 Å². The number of amides is 1. The lowest BCUT2D eigenvalue weighted by molar-refractivity contribution is -0.154. The van der Waals surface area contributed by atoms with Crippen molar-refractivity contribution in [3.8, 4) is 11.1 Å². The third kappa shape index (κ3) is 7.55. The summed E-state index contributed by atoms with van der Waals surface area (Å²) in [6, 6.07) is 16.9.